The molecule has 21 heavy (non-hydrogen) atoms. The first kappa shape index (κ1) is 14.4. The second kappa shape index (κ2) is 6.09. The number of para-hydroxylation sites is 1. The lowest BCUT2D eigenvalue weighted by molar-refractivity contribution is 0.206. The maximum Gasteiger partial charge on any atom is 0.139 e. The van der Waals surface area contributed by atoms with E-state index < -0.39 is 6.10 Å². The minimum Gasteiger partial charge on any atom is -0.380 e. The lowest BCUT2D eigenvalue weighted by atomic mass is 10.1. The van der Waals surface area contributed by atoms with E-state index in [0.717, 1.165) is 14.6 Å². The summed E-state index contributed by atoms with van der Waals surface area (Å²) in [6.07, 6.45) is 2.46. The minimum absolute atomic E-state index is 0.552. The van der Waals surface area contributed by atoms with E-state index in [1.165, 1.54) is 0 Å². The lowest BCUT2D eigenvalue weighted by Crippen LogP contribution is -2.10. The molecule has 2 heterocycles. The van der Waals surface area contributed by atoms with Gasteiger partial charge >= 0.3 is 0 Å². The number of rotatable bonds is 3. The molecule has 0 saturated heterocycles. The Kier molecular flexibility index (Phi) is 4.19. The zero-order valence-electron chi connectivity index (χ0n) is 10.8. The van der Waals surface area contributed by atoms with Gasteiger partial charge in [-0.1, -0.05) is 18.2 Å². The predicted octanol–water partition coefficient (Wildman–Crippen LogP) is 3.87. The van der Waals surface area contributed by atoms with Crippen LogP contribution in [0.15, 0.2) is 63.8 Å². The third-order valence-corrected chi connectivity index (χ3v) is 4.12. The summed E-state index contributed by atoms with van der Waals surface area (Å²) in [5, 5.41) is 14.9. The van der Waals surface area contributed by atoms with Gasteiger partial charge in [-0.2, -0.15) is 5.10 Å². The van der Waals surface area contributed by atoms with E-state index in [4.69, 9.17) is 0 Å². The zero-order valence-corrected chi connectivity index (χ0v) is 14.0. The summed E-state index contributed by atoms with van der Waals surface area (Å²) in [6, 6.07) is 13.3. The fourth-order valence-electron chi connectivity index (χ4n) is 2.07. The van der Waals surface area contributed by atoms with E-state index in [0.29, 0.717) is 11.4 Å². The van der Waals surface area contributed by atoms with E-state index in [1.54, 1.807) is 23.1 Å². The van der Waals surface area contributed by atoms with Gasteiger partial charge in [0, 0.05) is 21.3 Å². The quantitative estimate of drug-likeness (QED) is 0.715. The normalized spacial score (nSPS) is 12.3. The van der Waals surface area contributed by atoms with Crippen LogP contribution in [0.25, 0.3) is 5.69 Å². The van der Waals surface area contributed by atoms with Crippen LogP contribution in [0, 0.1) is 0 Å². The molecule has 0 amide bonds. The van der Waals surface area contributed by atoms with Gasteiger partial charge in [-0.15, -0.1) is 0 Å². The third kappa shape index (κ3) is 2.92. The van der Waals surface area contributed by atoms with Gasteiger partial charge in [0.2, 0.25) is 0 Å². The Balaban J connectivity index is 2.03. The van der Waals surface area contributed by atoms with Gasteiger partial charge in [0.15, 0.2) is 0 Å². The number of aromatic nitrogens is 3. The van der Waals surface area contributed by atoms with Crippen molar-refractivity contribution >= 4 is 31.9 Å². The van der Waals surface area contributed by atoms with Crippen LogP contribution in [0.1, 0.15) is 17.5 Å². The summed E-state index contributed by atoms with van der Waals surface area (Å²) < 4.78 is 3.30. The van der Waals surface area contributed by atoms with Crippen LogP contribution in [-0.4, -0.2) is 19.9 Å². The molecule has 0 bridgehead atoms. The highest BCUT2D eigenvalue weighted by atomic mass is 79.9. The summed E-state index contributed by atoms with van der Waals surface area (Å²) in [5.74, 6) is 0. The Morgan fingerprint density at radius 3 is 2.57 bits per heavy atom. The molecule has 1 unspecified atom stereocenters. The number of nitrogens with zero attached hydrogens (tertiary/aromatic N) is 3. The highest BCUT2D eigenvalue weighted by Crippen LogP contribution is 2.29. The number of hydrogen-bond donors (Lipinski definition) is 1. The van der Waals surface area contributed by atoms with Crippen LogP contribution >= 0.6 is 31.9 Å². The number of pyridine rings is 1. The van der Waals surface area contributed by atoms with Crippen LogP contribution in [0.3, 0.4) is 0 Å². The second-order valence-corrected chi connectivity index (χ2v) is 6.20. The maximum absolute atomic E-state index is 10.6. The van der Waals surface area contributed by atoms with Crippen molar-refractivity contribution in [3.05, 3.63) is 75.2 Å². The molecule has 0 radical (unpaired) electrons. The van der Waals surface area contributed by atoms with Gasteiger partial charge in [-0.25, -0.2) is 4.68 Å². The lowest BCUT2D eigenvalue weighted by Gasteiger charge is -2.14. The molecule has 1 N–H and O–H groups in total. The molecule has 2 aromatic heterocycles. The molecule has 4 nitrogen and oxygen atoms in total. The number of aliphatic hydroxyl groups is 1. The molecule has 0 aliphatic rings. The SMILES string of the molecule is OC(c1ncc(Br)cc1Br)c1ccnn1-c1ccccc1. The Morgan fingerprint density at radius 2 is 1.86 bits per heavy atom. The summed E-state index contributed by atoms with van der Waals surface area (Å²) in [4.78, 5) is 4.28. The van der Waals surface area contributed by atoms with Gasteiger partial charge < -0.3 is 5.11 Å². The van der Waals surface area contributed by atoms with Crippen molar-refractivity contribution in [1.82, 2.24) is 14.8 Å². The molecule has 3 rings (SSSR count). The smallest absolute Gasteiger partial charge is 0.139 e. The van der Waals surface area contributed by atoms with Crippen molar-refractivity contribution < 1.29 is 5.11 Å². The number of benzene rings is 1. The van der Waals surface area contributed by atoms with Gasteiger partial charge in [0.05, 0.1) is 17.1 Å². The molecule has 0 saturated carbocycles. The van der Waals surface area contributed by atoms with Crippen molar-refractivity contribution in [1.29, 1.82) is 0 Å². The van der Waals surface area contributed by atoms with Crippen LogP contribution in [0.5, 0.6) is 0 Å². The molecular weight excluding hydrogens is 398 g/mol. The third-order valence-electron chi connectivity index (χ3n) is 3.05. The van der Waals surface area contributed by atoms with Gasteiger partial charge in [-0.05, 0) is 56.1 Å². The summed E-state index contributed by atoms with van der Waals surface area (Å²) in [5.41, 5.74) is 2.11. The molecule has 106 valence electrons. The molecule has 0 fully saturated rings. The van der Waals surface area contributed by atoms with E-state index in [-0.39, 0.29) is 0 Å². The number of hydrogen-bond acceptors (Lipinski definition) is 3. The zero-order chi connectivity index (χ0) is 14.8. The monoisotopic (exact) mass is 407 g/mol. The average Bonchev–Trinajstić information content (AvgIpc) is 2.97. The first-order valence-electron chi connectivity index (χ1n) is 6.25. The summed E-state index contributed by atoms with van der Waals surface area (Å²) >= 11 is 6.79. The Bertz CT molecular complexity index is 759. The summed E-state index contributed by atoms with van der Waals surface area (Å²) in [6.45, 7) is 0. The number of halogens is 2. The first-order chi connectivity index (χ1) is 10.2. The molecule has 0 spiro atoms. The molecule has 0 aliphatic carbocycles. The van der Waals surface area contributed by atoms with Gasteiger partial charge in [0.25, 0.3) is 0 Å². The Labute approximate surface area is 138 Å². The molecule has 1 atom stereocenters. The van der Waals surface area contributed by atoms with Crippen LogP contribution in [0.4, 0.5) is 0 Å². The largest absolute Gasteiger partial charge is 0.380 e. The fourth-order valence-corrected chi connectivity index (χ4v) is 3.28. The van der Waals surface area contributed by atoms with Crippen LogP contribution in [-0.2, 0) is 0 Å². The summed E-state index contributed by atoms with van der Waals surface area (Å²) in [7, 11) is 0. The van der Waals surface area contributed by atoms with Gasteiger partial charge in [0.1, 0.15) is 6.10 Å². The average molecular weight is 409 g/mol. The van der Waals surface area contributed by atoms with Crippen molar-refractivity contribution in [3.8, 4) is 5.69 Å². The topological polar surface area (TPSA) is 50.9 Å². The fraction of sp³-hybridized carbons (Fsp3) is 0.0667. The van der Waals surface area contributed by atoms with E-state index in [1.807, 2.05) is 36.4 Å². The first-order valence-corrected chi connectivity index (χ1v) is 7.84. The highest BCUT2D eigenvalue weighted by molar-refractivity contribution is 9.11. The molecular formula is C15H11Br2N3O. The van der Waals surface area contributed by atoms with Crippen molar-refractivity contribution in [2.45, 2.75) is 6.10 Å². The van der Waals surface area contributed by atoms with E-state index in [2.05, 4.69) is 41.9 Å². The Hall–Kier alpha value is -1.50. The second-order valence-electron chi connectivity index (χ2n) is 4.43. The molecule has 0 aliphatic heterocycles. The molecule has 1 aromatic carbocycles. The minimum atomic E-state index is -0.866. The van der Waals surface area contributed by atoms with Crippen molar-refractivity contribution in [2.75, 3.05) is 0 Å². The molecule has 6 heteroatoms. The van der Waals surface area contributed by atoms with Crippen molar-refractivity contribution in [3.63, 3.8) is 0 Å². The standard InChI is InChI=1S/C15H11Br2N3O/c16-10-8-12(17)14(18-9-10)15(21)13-6-7-19-20(13)11-4-2-1-3-5-11/h1-9,15,21H. The maximum atomic E-state index is 10.6. The van der Waals surface area contributed by atoms with Crippen LogP contribution < -0.4 is 0 Å². The Morgan fingerprint density at radius 1 is 1.10 bits per heavy atom. The van der Waals surface area contributed by atoms with E-state index >= 15 is 0 Å². The van der Waals surface area contributed by atoms with Crippen molar-refractivity contribution in [2.24, 2.45) is 0 Å². The highest BCUT2D eigenvalue weighted by Gasteiger charge is 2.20. The molecule has 3 aromatic rings. The predicted molar refractivity (Wildman–Crippen MR) is 87.3 cm³/mol. The van der Waals surface area contributed by atoms with Crippen LogP contribution in [0.2, 0.25) is 0 Å². The number of aliphatic hydroxyl groups excluding tert-OH is 1. The van der Waals surface area contributed by atoms with E-state index in [9.17, 15) is 5.11 Å². The van der Waals surface area contributed by atoms with Gasteiger partial charge in [-0.3, -0.25) is 4.98 Å².